The zero-order valence-corrected chi connectivity index (χ0v) is 16.9. The van der Waals surface area contributed by atoms with Crippen LogP contribution in [-0.4, -0.2) is 27.8 Å². The minimum absolute atomic E-state index is 0.118. The Labute approximate surface area is 172 Å². The van der Waals surface area contributed by atoms with E-state index in [1.54, 1.807) is 35.9 Å². The Balaban J connectivity index is 1.76. The maximum absolute atomic E-state index is 12.8. The number of hydrogen-bond acceptors (Lipinski definition) is 7. The molecule has 0 bridgehead atoms. The first-order valence-electron chi connectivity index (χ1n) is 8.92. The zero-order valence-electron chi connectivity index (χ0n) is 16.1. The number of nitrogens with one attached hydrogen (secondary N) is 1. The average molecular weight is 411 g/mol. The molecule has 3 N–H and O–H groups in total. The van der Waals surface area contributed by atoms with E-state index in [2.05, 4.69) is 15.5 Å². The summed E-state index contributed by atoms with van der Waals surface area (Å²) in [5.41, 5.74) is 7.06. The molecule has 0 radical (unpaired) electrons. The van der Waals surface area contributed by atoms with Gasteiger partial charge in [0, 0.05) is 23.5 Å². The van der Waals surface area contributed by atoms with Crippen molar-refractivity contribution in [3.8, 4) is 5.75 Å². The first-order valence-corrected chi connectivity index (χ1v) is 9.90. The number of thioether (sulfide) groups is 1. The van der Waals surface area contributed by atoms with Crippen LogP contribution in [0.2, 0.25) is 0 Å². The van der Waals surface area contributed by atoms with E-state index in [-0.39, 0.29) is 11.4 Å². The molecule has 29 heavy (non-hydrogen) atoms. The van der Waals surface area contributed by atoms with E-state index in [1.165, 1.54) is 11.8 Å². The number of primary amides is 1. The summed E-state index contributed by atoms with van der Waals surface area (Å²) >= 11 is 1.44. The number of rotatable bonds is 8. The summed E-state index contributed by atoms with van der Waals surface area (Å²) in [6, 6.07) is 14.2. The molecular formula is C20H21N5O3S. The molecule has 9 heteroatoms. The number of nitrogens with two attached hydrogens (primary N) is 1. The maximum atomic E-state index is 12.8. The molecule has 1 aromatic heterocycles. The summed E-state index contributed by atoms with van der Waals surface area (Å²) in [5.74, 6) is 1.05. The van der Waals surface area contributed by atoms with Gasteiger partial charge < -0.3 is 15.8 Å². The summed E-state index contributed by atoms with van der Waals surface area (Å²) in [4.78, 5) is 23.9. The minimum atomic E-state index is -0.511. The van der Waals surface area contributed by atoms with Crippen molar-refractivity contribution in [1.82, 2.24) is 14.8 Å². The van der Waals surface area contributed by atoms with Gasteiger partial charge in [0.15, 0.2) is 5.16 Å². The van der Waals surface area contributed by atoms with Crippen LogP contribution in [0.1, 0.15) is 22.8 Å². The molecule has 0 atom stereocenters. The lowest BCUT2D eigenvalue weighted by Crippen LogP contribution is -2.26. The average Bonchev–Trinajstić information content (AvgIpc) is 2.74. The monoisotopic (exact) mass is 411 g/mol. The maximum Gasteiger partial charge on any atom is 0.297 e. The number of nitrogens with zero attached hydrogens (tertiary/aromatic N) is 3. The quantitative estimate of drug-likeness (QED) is 0.548. The van der Waals surface area contributed by atoms with Gasteiger partial charge in [0.25, 0.3) is 5.56 Å². The summed E-state index contributed by atoms with van der Waals surface area (Å²) in [6.07, 6.45) is 0. The van der Waals surface area contributed by atoms with Crippen LogP contribution in [0.15, 0.2) is 58.5 Å². The number of hydrogen-bond donors (Lipinski definition) is 2. The summed E-state index contributed by atoms with van der Waals surface area (Å²) in [7, 11) is 1.63. The second-order valence-corrected chi connectivity index (χ2v) is 7.03. The Morgan fingerprint density at radius 1 is 1.14 bits per heavy atom. The van der Waals surface area contributed by atoms with Crippen LogP contribution in [0, 0.1) is 0 Å². The molecule has 8 nitrogen and oxygen atoms in total. The van der Waals surface area contributed by atoms with Gasteiger partial charge in [-0.15, -0.1) is 10.2 Å². The fraction of sp³-hybridized carbons (Fsp3) is 0.200. The molecule has 0 aliphatic carbocycles. The summed E-state index contributed by atoms with van der Waals surface area (Å²) < 4.78 is 6.73. The fourth-order valence-corrected chi connectivity index (χ4v) is 3.55. The minimum Gasteiger partial charge on any atom is -0.497 e. The predicted molar refractivity (Wildman–Crippen MR) is 113 cm³/mol. The van der Waals surface area contributed by atoms with Crippen molar-refractivity contribution < 1.29 is 9.53 Å². The lowest BCUT2D eigenvalue weighted by molar-refractivity contribution is 0.100. The third kappa shape index (κ3) is 4.94. The van der Waals surface area contributed by atoms with E-state index in [9.17, 15) is 9.59 Å². The summed E-state index contributed by atoms with van der Waals surface area (Å²) in [5, 5.41) is 11.8. The van der Waals surface area contributed by atoms with Crippen molar-refractivity contribution in [1.29, 1.82) is 0 Å². The highest BCUT2D eigenvalue weighted by atomic mass is 32.2. The number of benzene rings is 2. The smallest absolute Gasteiger partial charge is 0.297 e. The lowest BCUT2D eigenvalue weighted by Gasteiger charge is -2.11. The first kappa shape index (κ1) is 20.4. The molecule has 3 aromatic rings. The van der Waals surface area contributed by atoms with Gasteiger partial charge in [0.1, 0.15) is 5.75 Å². The topological polar surface area (TPSA) is 112 Å². The van der Waals surface area contributed by atoms with Crippen LogP contribution in [0.4, 0.5) is 11.5 Å². The number of carbonyl (C=O) groups excluding carboxylic acids is 1. The van der Waals surface area contributed by atoms with Gasteiger partial charge in [-0.1, -0.05) is 23.9 Å². The van der Waals surface area contributed by atoms with E-state index in [0.717, 1.165) is 11.3 Å². The van der Waals surface area contributed by atoms with E-state index in [4.69, 9.17) is 10.5 Å². The standard InChI is InChI=1S/C20H21N5O3S/c1-3-25-19(27)18(22-15-8-6-14(7-9-15)17(21)26)23-24-20(25)29-12-13-4-10-16(28-2)11-5-13/h4-11H,3,12H2,1-2H3,(H2,21,26)(H,22,23). The number of ether oxygens (including phenoxy) is 1. The van der Waals surface area contributed by atoms with Crippen molar-refractivity contribution in [2.45, 2.75) is 24.4 Å². The van der Waals surface area contributed by atoms with Crippen molar-refractivity contribution in [2.75, 3.05) is 12.4 Å². The number of anilines is 2. The highest BCUT2D eigenvalue weighted by Gasteiger charge is 2.12. The molecule has 1 amide bonds. The Bertz CT molecular complexity index is 1050. The third-order valence-corrected chi connectivity index (χ3v) is 5.23. The molecule has 0 aliphatic heterocycles. The molecule has 0 spiro atoms. The van der Waals surface area contributed by atoms with E-state index >= 15 is 0 Å². The number of aromatic nitrogens is 3. The van der Waals surface area contributed by atoms with E-state index < -0.39 is 5.91 Å². The van der Waals surface area contributed by atoms with Crippen LogP contribution in [0.5, 0.6) is 5.75 Å². The molecule has 0 saturated carbocycles. The Morgan fingerprint density at radius 2 is 1.83 bits per heavy atom. The van der Waals surface area contributed by atoms with Crippen LogP contribution in [0.25, 0.3) is 0 Å². The summed E-state index contributed by atoms with van der Waals surface area (Å²) in [6.45, 7) is 2.35. The van der Waals surface area contributed by atoms with Crippen molar-refractivity contribution in [2.24, 2.45) is 5.73 Å². The Morgan fingerprint density at radius 3 is 2.41 bits per heavy atom. The van der Waals surface area contributed by atoms with Gasteiger partial charge >= 0.3 is 0 Å². The lowest BCUT2D eigenvalue weighted by atomic mass is 10.2. The molecule has 0 aliphatic rings. The fourth-order valence-electron chi connectivity index (χ4n) is 2.59. The van der Waals surface area contributed by atoms with Crippen molar-refractivity contribution >= 4 is 29.2 Å². The van der Waals surface area contributed by atoms with Crippen molar-refractivity contribution in [3.05, 3.63) is 70.0 Å². The highest BCUT2D eigenvalue weighted by molar-refractivity contribution is 7.98. The largest absolute Gasteiger partial charge is 0.497 e. The van der Waals surface area contributed by atoms with Gasteiger partial charge in [-0.3, -0.25) is 14.2 Å². The number of amides is 1. The number of carbonyl (C=O) groups is 1. The van der Waals surface area contributed by atoms with Gasteiger partial charge in [0.05, 0.1) is 7.11 Å². The predicted octanol–water partition coefficient (Wildman–Crippen LogP) is 2.80. The first-order chi connectivity index (χ1) is 14.0. The molecule has 3 rings (SSSR count). The van der Waals surface area contributed by atoms with Crippen LogP contribution < -0.4 is 21.3 Å². The molecule has 2 aromatic carbocycles. The van der Waals surface area contributed by atoms with E-state index in [1.807, 2.05) is 31.2 Å². The zero-order chi connectivity index (χ0) is 20.8. The second kappa shape index (κ2) is 9.24. The van der Waals surface area contributed by atoms with Crippen LogP contribution in [0.3, 0.4) is 0 Å². The molecule has 0 saturated heterocycles. The molecule has 0 unspecified atom stereocenters. The van der Waals surface area contributed by atoms with Gasteiger partial charge in [-0.2, -0.15) is 0 Å². The normalized spacial score (nSPS) is 10.6. The van der Waals surface area contributed by atoms with Crippen LogP contribution in [-0.2, 0) is 12.3 Å². The molecular weight excluding hydrogens is 390 g/mol. The highest BCUT2D eigenvalue weighted by Crippen LogP contribution is 2.22. The van der Waals surface area contributed by atoms with Crippen molar-refractivity contribution in [3.63, 3.8) is 0 Å². The van der Waals surface area contributed by atoms with Crippen LogP contribution >= 0.6 is 11.8 Å². The Kier molecular flexibility index (Phi) is 6.50. The van der Waals surface area contributed by atoms with E-state index in [0.29, 0.717) is 28.7 Å². The van der Waals surface area contributed by atoms with Gasteiger partial charge in [-0.05, 0) is 48.9 Å². The second-order valence-electron chi connectivity index (χ2n) is 6.08. The number of methoxy groups -OCH3 is 1. The molecule has 1 heterocycles. The Hall–Kier alpha value is -3.33. The van der Waals surface area contributed by atoms with Gasteiger partial charge in [0.2, 0.25) is 11.7 Å². The molecule has 0 fully saturated rings. The molecule has 150 valence electrons. The SMILES string of the molecule is CCn1c(SCc2ccc(OC)cc2)nnc(Nc2ccc(C(N)=O)cc2)c1=O. The van der Waals surface area contributed by atoms with Gasteiger partial charge in [-0.25, -0.2) is 0 Å². The third-order valence-electron chi connectivity index (χ3n) is 4.19.